The number of quaternary nitrogens is 1. The van der Waals surface area contributed by atoms with Gasteiger partial charge in [-0.2, -0.15) is 0 Å². The van der Waals surface area contributed by atoms with Crippen molar-refractivity contribution in [3.8, 4) is 0 Å². The second-order valence-corrected chi connectivity index (χ2v) is 16.3. The monoisotopic (exact) mass is 838 g/mol. The third-order valence-electron chi connectivity index (χ3n) is 8.22. The van der Waals surface area contributed by atoms with Crippen molar-refractivity contribution in [1.29, 1.82) is 0 Å². The third-order valence-corrected chi connectivity index (χ3v) is 9.18. The molecule has 59 heavy (non-hydrogen) atoms. The van der Waals surface area contributed by atoms with E-state index in [4.69, 9.17) is 18.5 Å². The molecule has 0 aromatic carbocycles. The van der Waals surface area contributed by atoms with Crippen LogP contribution in [0.15, 0.2) is 134 Å². The van der Waals surface area contributed by atoms with E-state index in [-0.39, 0.29) is 26.2 Å². The van der Waals surface area contributed by atoms with Gasteiger partial charge in [0.2, 0.25) is 0 Å². The fraction of sp³-hybridized carbons (Fsp3) is 0.540. The standard InChI is InChI=1S/C50H80NO7P/c1-6-8-10-12-14-16-18-20-22-24-25-26-27-28-29-31-33-35-37-39-41-43-50(52)58-49(48-57-59(53,54)56-46-44-51(3,4)5)47-55-45-42-40-38-36-34-32-30-23-21-19-17-15-13-11-9-7-2/h8-11,14-17,20-23,25-26,28-29,32-35,38,40,49H,6-7,12-13,18-19,24,27,30-31,36-37,39,41-48H2,1-5H3/b10-8-,11-9-,16-14-,17-15-,22-20-,23-21-,26-25-,29-28-,34-32-,35-33-,40-38-. The molecule has 0 saturated heterocycles. The molecule has 0 aromatic rings. The van der Waals surface area contributed by atoms with Gasteiger partial charge in [-0.3, -0.25) is 9.36 Å². The average molecular weight is 838 g/mol. The molecule has 9 heteroatoms. The fourth-order valence-electron chi connectivity index (χ4n) is 4.91. The van der Waals surface area contributed by atoms with Crippen LogP contribution in [-0.2, 0) is 27.9 Å². The molecule has 0 spiro atoms. The van der Waals surface area contributed by atoms with Crippen LogP contribution in [0.5, 0.6) is 0 Å². The highest BCUT2D eigenvalue weighted by Crippen LogP contribution is 2.38. The van der Waals surface area contributed by atoms with Crippen molar-refractivity contribution in [2.24, 2.45) is 0 Å². The van der Waals surface area contributed by atoms with Crippen molar-refractivity contribution in [2.75, 3.05) is 54.1 Å². The number of phosphoric ester groups is 1. The minimum atomic E-state index is -4.57. The van der Waals surface area contributed by atoms with Crippen molar-refractivity contribution >= 4 is 13.8 Å². The van der Waals surface area contributed by atoms with Crippen LogP contribution in [0.3, 0.4) is 0 Å². The molecule has 0 aromatic heterocycles. The first-order valence-corrected chi connectivity index (χ1v) is 23.4. The molecular weight excluding hydrogens is 758 g/mol. The molecule has 0 amide bonds. The van der Waals surface area contributed by atoms with Crippen molar-refractivity contribution in [3.05, 3.63) is 134 Å². The molecule has 0 aliphatic carbocycles. The molecule has 332 valence electrons. The lowest BCUT2D eigenvalue weighted by molar-refractivity contribution is -0.870. The van der Waals surface area contributed by atoms with Crippen LogP contribution in [0, 0.1) is 0 Å². The van der Waals surface area contributed by atoms with Gasteiger partial charge in [0.05, 0.1) is 41.0 Å². The number of esters is 1. The van der Waals surface area contributed by atoms with Crippen molar-refractivity contribution in [1.82, 2.24) is 0 Å². The van der Waals surface area contributed by atoms with Crippen LogP contribution in [0.25, 0.3) is 0 Å². The number of hydrogen-bond donors (Lipinski definition) is 0. The highest BCUT2D eigenvalue weighted by atomic mass is 31.2. The maximum atomic E-state index is 12.7. The molecule has 2 unspecified atom stereocenters. The first kappa shape index (κ1) is 55.6. The summed E-state index contributed by atoms with van der Waals surface area (Å²) >= 11 is 0. The summed E-state index contributed by atoms with van der Waals surface area (Å²) in [6.07, 6.45) is 60.7. The zero-order valence-electron chi connectivity index (χ0n) is 37.4. The average Bonchev–Trinajstić information content (AvgIpc) is 3.19. The number of carbonyl (C=O) groups is 1. The molecular formula is C50H80NO7P. The van der Waals surface area contributed by atoms with Crippen molar-refractivity contribution in [3.63, 3.8) is 0 Å². The topological polar surface area (TPSA) is 94.1 Å². The molecule has 0 radical (unpaired) electrons. The number of rotatable bonds is 38. The van der Waals surface area contributed by atoms with Gasteiger partial charge in [-0.15, -0.1) is 0 Å². The predicted molar refractivity (Wildman–Crippen MR) is 249 cm³/mol. The predicted octanol–water partition coefficient (Wildman–Crippen LogP) is 12.5. The van der Waals surface area contributed by atoms with Crippen molar-refractivity contribution in [2.45, 2.75) is 123 Å². The van der Waals surface area contributed by atoms with E-state index in [1.54, 1.807) is 0 Å². The van der Waals surface area contributed by atoms with Gasteiger partial charge >= 0.3 is 5.97 Å². The Balaban J connectivity index is 4.48. The normalized spacial score (nSPS) is 15.0. The summed E-state index contributed by atoms with van der Waals surface area (Å²) in [6, 6.07) is 0. The van der Waals surface area contributed by atoms with Crippen LogP contribution in [0.4, 0.5) is 0 Å². The van der Waals surface area contributed by atoms with Crippen LogP contribution in [0.2, 0.25) is 0 Å². The van der Waals surface area contributed by atoms with Crippen LogP contribution < -0.4 is 4.89 Å². The van der Waals surface area contributed by atoms with E-state index >= 15 is 0 Å². The SMILES string of the molecule is CC/C=C\C/C=C\C/C=C\C/C=C\C/C=C\C/C=C\CCCCC(=O)OC(COCC/C=C\C/C=C\C/C=C\C/C=C\C/C=C\CC)COP(=O)([O-])OCC[N+](C)(C)C. The van der Waals surface area contributed by atoms with E-state index < -0.39 is 19.9 Å². The van der Waals surface area contributed by atoms with Gasteiger partial charge in [-0.25, -0.2) is 0 Å². The largest absolute Gasteiger partial charge is 0.756 e. The molecule has 8 nitrogen and oxygen atoms in total. The summed E-state index contributed by atoms with van der Waals surface area (Å²) in [4.78, 5) is 25.0. The maximum absolute atomic E-state index is 12.7. The van der Waals surface area contributed by atoms with E-state index in [9.17, 15) is 14.3 Å². The van der Waals surface area contributed by atoms with Crippen LogP contribution in [-0.4, -0.2) is 70.7 Å². The minimum Gasteiger partial charge on any atom is -0.756 e. The van der Waals surface area contributed by atoms with E-state index in [2.05, 4.69) is 141 Å². The summed E-state index contributed by atoms with van der Waals surface area (Å²) in [5.74, 6) is -0.408. The molecule has 0 fully saturated rings. The zero-order chi connectivity index (χ0) is 43.4. The Hall–Kier alpha value is -3.36. The van der Waals surface area contributed by atoms with E-state index in [0.29, 0.717) is 30.5 Å². The number of hydrogen-bond acceptors (Lipinski definition) is 7. The Morgan fingerprint density at radius 3 is 1.32 bits per heavy atom. The van der Waals surface area contributed by atoms with Crippen molar-refractivity contribution < 1.29 is 37.3 Å². The summed E-state index contributed by atoms with van der Waals surface area (Å²) in [7, 11) is 1.25. The number of ether oxygens (including phenoxy) is 2. The molecule has 0 saturated carbocycles. The van der Waals surface area contributed by atoms with Gasteiger partial charge in [0, 0.05) is 6.42 Å². The smallest absolute Gasteiger partial charge is 0.306 e. The van der Waals surface area contributed by atoms with Crippen LogP contribution >= 0.6 is 7.82 Å². The first-order chi connectivity index (χ1) is 28.6. The number of nitrogens with zero attached hydrogens (tertiary/aromatic N) is 1. The Bertz CT molecular complexity index is 1390. The van der Waals surface area contributed by atoms with E-state index in [1.165, 1.54) is 0 Å². The number of likely N-dealkylation sites (N-methyl/N-ethyl adjacent to an activating group) is 1. The summed E-state index contributed by atoms with van der Waals surface area (Å²) in [5.41, 5.74) is 0. The molecule has 2 atom stereocenters. The molecule has 0 bridgehead atoms. The van der Waals surface area contributed by atoms with Gasteiger partial charge in [-0.1, -0.05) is 148 Å². The highest BCUT2D eigenvalue weighted by Gasteiger charge is 2.20. The molecule has 0 aliphatic heterocycles. The minimum absolute atomic E-state index is 0.00472. The summed E-state index contributed by atoms with van der Waals surface area (Å²) in [6.45, 7) is 4.83. The molecule has 0 rings (SSSR count). The maximum Gasteiger partial charge on any atom is 0.306 e. The van der Waals surface area contributed by atoms with Crippen LogP contribution in [0.1, 0.15) is 117 Å². The number of unbranched alkanes of at least 4 members (excludes halogenated alkanes) is 2. The van der Waals surface area contributed by atoms with Gasteiger partial charge in [0.25, 0.3) is 7.82 Å². The molecule has 0 aliphatic rings. The quantitative estimate of drug-likeness (QED) is 0.0201. The van der Waals surface area contributed by atoms with Gasteiger partial charge in [0.1, 0.15) is 19.3 Å². The second kappa shape index (κ2) is 41.4. The number of carbonyl (C=O) groups excluding carboxylic acids is 1. The zero-order valence-corrected chi connectivity index (χ0v) is 38.3. The van der Waals surface area contributed by atoms with E-state index in [1.807, 2.05) is 27.2 Å². The summed E-state index contributed by atoms with van der Waals surface area (Å²) in [5, 5.41) is 0. The molecule has 0 heterocycles. The Morgan fingerprint density at radius 1 is 0.525 bits per heavy atom. The third kappa shape index (κ3) is 45.6. The highest BCUT2D eigenvalue weighted by molar-refractivity contribution is 7.45. The second-order valence-electron chi connectivity index (χ2n) is 14.9. The Morgan fingerprint density at radius 2 is 0.915 bits per heavy atom. The Kier molecular flexibility index (Phi) is 39.0. The number of phosphoric acid groups is 1. The lowest BCUT2D eigenvalue weighted by Gasteiger charge is -2.28. The number of allylic oxidation sites excluding steroid dienone is 21. The Labute approximate surface area is 360 Å². The molecule has 0 N–H and O–H groups in total. The van der Waals surface area contributed by atoms with Gasteiger partial charge < -0.3 is 27.9 Å². The van der Waals surface area contributed by atoms with Gasteiger partial charge in [0.15, 0.2) is 0 Å². The lowest BCUT2D eigenvalue weighted by Crippen LogP contribution is -2.37. The van der Waals surface area contributed by atoms with E-state index in [0.717, 1.165) is 83.5 Å². The first-order valence-electron chi connectivity index (χ1n) is 21.9. The fourth-order valence-corrected chi connectivity index (χ4v) is 5.63. The summed E-state index contributed by atoms with van der Waals surface area (Å²) < 4.78 is 34.4. The van der Waals surface area contributed by atoms with Gasteiger partial charge in [-0.05, 0) is 96.3 Å². The lowest BCUT2D eigenvalue weighted by atomic mass is 10.2.